The maximum atomic E-state index is 13.9. The van der Waals surface area contributed by atoms with E-state index in [-0.39, 0.29) is 18.1 Å². The van der Waals surface area contributed by atoms with Crippen molar-refractivity contribution in [2.75, 3.05) is 5.32 Å². The summed E-state index contributed by atoms with van der Waals surface area (Å²) in [4.78, 5) is 21.2. The summed E-state index contributed by atoms with van der Waals surface area (Å²) in [6.45, 7) is 0.619. The van der Waals surface area contributed by atoms with Crippen LogP contribution in [0, 0.1) is 5.82 Å². The molecular weight excluding hydrogens is 377 g/mol. The fraction of sp³-hybridized carbons (Fsp3) is 0.100. The van der Waals surface area contributed by atoms with Gasteiger partial charge < -0.3 is 5.32 Å². The smallest absolute Gasteiger partial charge is 0.229 e. The van der Waals surface area contributed by atoms with Crippen LogP contribution >= 0.6 is 11.3 Å². The van der Waals surface area contributed by atoms with Crippen LogP contribution in [0.5, 0.6) is 0 Å². The fourth-order valence-corrected chi connectivity index (χ4v) is 3.64. The Morgan fingerprint density at radius 3 is 2.71 bits per heavy atom. The Kier molecular flexibility index (Phi) is 5.20. The van der Waals surface area contributed by atoms with Gasteiger partial charge in [0, 0.05) is 22.3 Å². The Bertz CT molecular complexity index is 1080. The Hall–Kier alpha value is -3.39. The molecule has 4 aromatic rings. The molecule has 0 aliphatic heterocycles. The van der Waals surface area contributed by atoms with Gasteiger partial charge in [0.1, 0.15) is 23.5 Å². The van der Waals surface area contributed by atoms with Gasteiger partial charge in [0.25, 0.3) is 0 Å². The highest BCUT2D eigenvalue weighted by atomic mass is 32.1. The van der Waals surface area contributed by atoms with Crippen molar-refractivity contribution in [2.45, 2.75) is 13.0 Å². The van der Waals surface area contributed by atoms with Crippen molar-refractivity contribution in [1.29, 1.82) is 0 Å². The van der Waals surface area contributed by atoms with Crippen LogP contribution in [0.3, 0.4) is 0 Å². The number of anilines is 1. The lowest BCUT2D eigenvalue weighted by atomic mass is 10.2. The molecule has 6 nitrogen and oxygen atoms in total. The zero-order chi connectivity index (χ0) is 19.3. The monoisotopic (exact) mass is 393 g/mol. The maximum Gasteiger partial charge on any atom is 0.229 e. The highest BCUT2D eigenvalue weighted by Gasteiger charge is 2.12. The van der Waals surface area contributed by atoms with Crippen molar-refractivity contribution in [2.24, 2.45) is 0 Å². The van der Waals surface area contributed by atoms with Crippen molar-refractivity contribution in [3.63, 3.8) is 0 Å². The van der Waals surface area contributed by atoms with Crippen LogP contribution in [-0.2, 0) is 17.8 Å². The third-order valence-electron chi connectivity index (χ3n) is 4.04. The molecule has 1 amide bonds. The first kappa shape index (κ1) is 18.0. The van der Waals surface area contributed by atoms with E-state index in [2.05, 4.69) is 20.4 Å². The quantitative estimate of drug-likeness (QED) is 0.541. The molecule has 140 valence electrons. The fourth-order valence-electron chi connectivity index (χ4n) is 2.71. The molecule has 2 aromatic carbocycles. The summed E-state index contributed by atoms with van der Waals surface area (Å²) in [5.74, 6) is -0.466. The summed E-state index contributed by atoms with van der Waals surface area (Å²) in [5, 5.41) is 7.50. The molecule has 0 radical (unpaired) electrons. The van der Waals surface area contributed by atoms with Gasteiger partial charge >= 0.3 is 0 Å². The van der Waals surface area contributed by atoms with Crippen molar-refractivity contribution >= 4 is 22.9 Å². The molecule has 0 spiro atoms. The lowest BCUT2D eigenvalue weighted by Crippen LogP contribution is -2.13. The van der Waals surface area contributed by atoms with Crippen molar-refractivity contribution in [3.05, 3.63) is 83.6 Å². The van der Waals surface area contributed by atoms with Gasteiger partial charge in [-0.05, 0) is 29.8 Å². The molecule has 0 saturated carbocycles. The number of amides is 1. The Labute approximate surface area is 164 Å². The number of rotatable bonds is 6. The minimum absolute atomic E-state index is 0.146. The molecule has 1 N–H and O–H groups in total. The van der Waals surface area contributed by atoms with Gasteiger partial charge in [0.05, 0.1) is 13.0 Å². The molecule has 0 aliphatic rings. The normalized spacial score (nSPS) is 10.8. The van der Waals surface area contributed by atoms with Crippen molar-refractivity contribution < 1.29 is 9.18 Å². The van der Waals surface area contributed by atoms with E-state index < -0.39 is 0 Å². The van der Waals surface area contributed by atoms with Gasteiger partial charge in [0.2, 0.25) is 5.91 Å². The van der Waals surface area contributed by atoms with Gasteiger partial charge in [-0.2, -0.15) is 5.10 Å². The standard InChI is InChI=1S/C20H16FN5OS/c21-18-4-2-1-3-17(18)20-23-10-16(28-20)9-19(27)25-15-7-5-14(6-8-15)11-26-13-22-12-24-26/h1-8,10,12-13H,9,11H2,(H,25,27). The first-order valence-electron chi connectivity index (χ1n) is 8.58. The van der Waals surface area contributed by atoms with Crippen molar-refractivity contribution in [1.82, 2.24) is 19.7 Å². The van der Waals surface area contributed by atoms with E-state index in [0.29, 0.717) is 22.8 Å². The molecule has 8 heteroatoms. The van der Waals surface area contributed by atoms with Gasteiger partial charge in [-0.15, -0.1) is 11.3 Å². The summed E-state index contributed by atoms with van der Waals surface area (Å²) in [6, 6.07) is 14.0. The first-order valence-corrected chi connectivity index (χ1v) is 9.40. The Morgan fingerprint density at radius 1 is 1.14 bits per heavy atom. The zero-order valence-corrected chi connectivity index (χ0v) is 15.6. The van der Waals surface area contributed by atoms with E-state index in [1.165, 1.54) is 23.7 Å². The van der Waals surface area contributed by atoms with E-state index >= 15 is 0 Å². The molecule has 0 unspecified atom stereocenters. The van der Waals surface area contributed by atoms with E-state index in [1.807, 2.05) is 24.3 Å². The second-order valence-electron chi connectivity index (χ2n) is 6.13. The number of benzene rings is 2. The number of halogens is 1. The van der Waals surface area contributed by atoms with Crippen LogP contribution in [-0.4, -0.2) is 25.7 Å². The zero-order valence-electron chi connectivity index (χ0n) is 14.7. The minimum atomic E-state index is -0.321. The number of carbonyl (C=O) groups excluding carboxylic acids is 1. The number of nitrogens with zero attached hydrogens (tertiary/aromatic N) is 4. The lowest BCUT2D eigenvalue weighted by molar-refractivity contribution is -0.115. The number of aromatic nitrogens is 4. The predicted octanol–water partition coefficient (Wildman–Crippen LogP) is 3.77. The first-order chi connectivity index (χ1) is 13.7. The van der Waals surface area contributed by atoms with E-state index in [0.717, 1.165) is 10.4 Å². The third-order valence-corrected chi connectivity index (χ3v) is 5.07. The summed E-state index contributed by atoms with van der Waals surface area (Å²) < 4.78 is 15.6. The molecule has 2 heterocycles. The summed E-state index contributed by atoms with van der Waals surface area (Å²) in [6.07, 6.45) is 4.95. The third kappa shape index (κ3) is 4.29. The van der Waals surface area contributed by atoms with Gasteiger partial charge in [0.15, 0.2) is 0 Å². The topological polar surface area (TPSA) is 72.7 Å². The van der Waals surface area contributed by atoms with Crippen LogP contribution in [0.4, 0.5) is 10.1 Å². The summed E-state index contributed by atoms with van der Waals surface area (Å²) in [5.41, 5.74) is 2.22. The number of thiazole rings is 1. The molecule has 0 saturated heterocycles. The second kappa shape index (κ2) is 8.10. The maximum absolute atomic E-state index is 13.9. The molecule has 2 aromatic heterocycles. The van der Waals surface area contributed by atoms with E-state index in [9.17, 15) is 9.18 Å². The average molecular weight is 393 g/mol. The summed E-state index contributed by atoms with van der Waals surface area (Å²) >= 11 is 1.32. The second-order valence-corrected chi connectivity index (χ2v) is 7.24. The highest BCUT2D eigenvalue weighted by Crippen LogP contribution is 2.27. The predicted molar refractivity (Wildman–Crippen MR) is 105 cm³/mol. The van der Waals surface area contributed by atoms with E-state index in [1.54, 1.807) is 35.4 Å². The molecule has 28 heavy (non-hydrogen) atoms. The lowest BCUT2D eigenvalue weighted by Gasteiger charge is -2.06. The van der Waals surface area contributed by atoms with Gasteiger partial charge in [-0.1, -0.05) is 24.3 Å². The van der Waals surface area contributed by atoms with Crippen molar-refractivity contribution in [3.8, 4) is 10.6 Å². The Morgan fingerprint density at radius 2 is 1.96 bits per heavy atom. The number of hydrogen-bond acceptors (Lipinski definition) is 5. The summed E-state index contributed by atoms with van der Waals surface area (Å²) in [7, 11) is 0. The van der Waals surface area contributed by atoms with Crippen LogP contribution in [0.15, 0.2) is 67.4 Å². The number of carbonyl (C=O) groups is 1. The molecule has 0 aliphatic carbocycles. The largest absolute Gasteiger partial charge is 0.326 e. The number of hydrogen-bond donors (Lipinski definition) is 1. The molecular formula is C20H16FN5OS. The van der Waals surface area contributed by atoms with Crippen LogP contribution in [0.25, 0.3) is 10.6 Å². The molecule has 0 atom stereocenters. The average Bonchev–Trinajstić information content (AvgIpc) is 3.36. The van der Waals surface area contributed by atoms with Gasteiger partial charge in [-0.25, -0.2) is 19.0 Å². The van der Waals surface area contributed by atoms with Crippen LogP contribution in [0.1, 0.15) is 10.4 Å². The van der Waals surface area contributed by atoms with E-state index in [4.69, 9.17) is 0 Å². The Balaban J connectivity index is 1.36. The van der Waals surface area contributed by atoms with Crippen LogP contribution in [0.2, 0.25) is 0 Å². The van der Waals surface area contributed by atoms with Gasteiger partial charge in [-0.3, -0.25) is 4.79 Å². The molecule has 4 rings (SSSR count). The molecule has 0 bridgehead atoms. The molecule has 0 fully saturated rings. The highest BCUT2D eigenvalue weighted by molar-refractivity contribution is 7.15. The van der Waals surface area contributed by atoms with Crippen LogP contribution < -0.4 is 5.32 Å². The minimum Gasteiger partial charge on any atom is -0.326 e. The SMILES string of the molecule is O=C(Cc1cnc(-c2ccccc2F)s1)Nc1ccc(Cn2cncn2)cc1. The number of nitrogens with one attached hydrogen (secondary N) is 1.